The summed E-state index contributed by atoms with van der Waals surface area (Å²) in [6.07, 6.45) is 1.58. The SMILES string of the molecule is CCOC(CN)CSc1ncn[nH]1. The zero-order chi connectivity index (χ0) is 9.52. The van der Waals surface area contributed by atoms with Gasteiger partial charge in [0.25, 0.3) is 0 Å². The Bertz CT molecular complexity index is 216. The number of hydrogen-bond acceptors (Lipinski definition) is 5. The van der Waals surface area contributed by atoms with Crippen LogP contribution in [0.5, 0.6) is 0 Å². The molecule has 1 aromatic heterocycles. The standard InChI is InChI=1S/C7H14N4OS/c1-2-12-6(3-8)4-13-7-9-5-10-11-7/h5-6H,2-4,8H2,1H3,(H,9,10,11). The molecule has 0 fully saturated rings. The fourth-order valence-electron chi connectivity index (χ4n) is 0.856. The molecule has 1 rings (SSSR count). The first-order valence-corrected chi connectivity index (χ1v) is 5.15. The van der Waals surface area contributed by atoms with Gasteiger partial charge in [-0.05, 0) is 6.92 Å². The largest absolute Gasteiger partial charge is 0.376 e. The van der Waals surface area contributed by atoms with E-state index in [1.165, 1.54) is 6.33 Å². The van der Waals surface area contributed by atoms with Crippen molar-refractivity contribution in [1.82, 2.24) is 15.2 Å². The number of hydrogen-bond donors (Lipinski definition) is 2. The number of aromatic amines is 1. The van der Waals surface area contributed by atoms with Crippen molar-refractivity contribution in [2.24, 2.45) is 5.73 Å². The molecule has 0 bridgehead atoms. The maximum Gasteiger partial charge on any atom is 0.183 e. The van der Waals surface area contributed by atoms with E-state index in [-0.39, 0.29) is 6.10 Å². The summed E-state index contributed by atoms with van der Waals surface area (Å²) in [6.45, 7) is 3.19. The van der Waals surface area contributed by atoms with Gasteiger partial charge in [-0.3, -0.25) is 5.10 Å². The van der Waals surface area contributed by atoms with Crippen molar-refractivity contribution in [2.45, 2.75) is 18.2 Å². The third-order valence-corrected chi connectivity index (χ3v) is 2.47. The van der Waals surface area contributed by atoms with Crippen molar-refractivity contribution in [3.05, 3.63) is 6.33 Å². The molecule has 1 atom stereocenters. The second kappa shape index (κ2) is 5.95. The van der Waals surface area contributed by atoms with Gasteiger partial charge in [0.05, 0.1) is 6.10 Å². The van der Waals surface area contributed by atoms with E-state index in [9.17, 15) is 0 Å². The molecular weight excluding hydrogens is 188 g/mol. The molecule has 0 amide bonds. The van der Waals surface area contributed by atoms with Gasteiger partial charge in [0.15, 0.2) is 5.16 Å². The van der Waals surface area contributed by atoms with Gasteiger partial charge in [0.2, 0.25) is 0 Å². The minimum atomic E-state index is 0.0973. The molecule has 5 nitrogen and oxygen atoms in total. The van der Waals surface area contributed by atoms with E-state index >= 15 is 0 Å². The first-order valence-electron chi connectivity index (χ1n) is 4.16. The summed E-state index contributed by atoms with van der Waals surface area (Å²) >= 11 is 1.57. The predicted octanol–water partition coefficient (Wildman–Crippen LogP) is 0.261. The lowest BCUT2D eigenvalue weighted by atomic mass is 10.4. The summed E-state index contributed by atoms with van der Waals surface area (Å²) in [7, 11) is 0. The maximum absolute atomic E-state index is 5.51. The highest BCUT2D eigenvalue weighted by molar-refractivity contribution is 7.99. The van der Waals surface area contributed by atoms with E-state index in [1.54, 1.807) is 11.8 Å². The van der Waals surface area contributed by atoms with Crippen molar-refractivity contribution < 1.29 is 4.74 Å². The molecule has 74 valence electrons. The Balaban J connectivity index is 2.23. The van der Waals surface area contributed by atoms with Gasteiger partial charge in [-0.25, -0.2) is 4.98 Å². The van der Waals surface area contributed by atoms with E-state index in [4.69, 9.17) is 10.5 Å². The monoisotopic (exact) mass is 202 g/mol. The molecule has 0 aliphatic heterocycles. The van der Waals surface area contributed by atoms with Crippen LogP contribution in [0.4, 0.5) is 0 Å². The van der Waals surface area contributed by atoms with Crippen LogP contribution in [0.25, 0.3) is 0 Å². The smallest absolute Gasteiger partial charge is 0.183 e. The van der Waals surface area contributed by atoms with E-state index in [0.29, 0.717) is 13.2 Å². The Hall–Kier alpha value is -0.590. The molecule has 0 saturated carbocycles. The minimum absolute atomic E-state index is 0.0973. The summed E-state index contributed by atoms with van der Waals surface area (Å²) in [6, 6.07) is 0. The number of nitrogens with zero attached hydrogens (tertiary/aromatic N) is 2. The molecule has 0 aromatic carbocycles. The molecule has 0 aliphatic rings. The lowest BCUT2D eigenvalue weighted by Gasteiger charge is -2.12. The summed E-state index contributed by atoms with van der Waals surface area (Å²) < 4.78 is 5.38. The maximum atomic E-state index is 5.51. The molecule has 0 aliphatic carbocycles. The summed E-state index contributed by atoms with van der Waals surface area (Å²) in [5, 5.41) is 7.31. The van der Waals surface area contributed by atoms with Gasteiger partial charge in [0, 0.05) is 18.9 Å². The van der Waals surface area contributed by atoms with Crippen molar-refractivity contribution in [1.29, 1.82) is 0 Å². The number of aromatic nitrogens is 3. The zero-order valence-electron chi connectivity index (χ0n) is 7.56. The van der Waals surface area contributed by atoms with E-state index in [2.05, 4.69) is 15.2 Å². The molecule has 1 unspecified atom stereocenters. The van der Waals surface area contributed by atoms with Crippen LogP contribution in [0.2, 0.25) is 0 Å². The lowest BCUT2D eigenvalue weighted by molar-refractivity contribution is 0.0858. The summed E-state index contributed by atoms with van der Waals surface area (Å²) in [5.74, 6) is 0.805. The van der Waals surface area contributed by atoms with Crippen molar-refractivity contribution in [2.75, 3.05) is 18.9 Å². The molecule has 0 saturated heterocycles. The van der Waals surface area contributed by atoms with Crippen LogP contribution < -0.4 is 5.73 Å². The van der Waals surface area contributed by atoms with E-state index in [0.717, 1.165) is 10.9 Å². The van der Waals surface area contributed by atoms with Gasteiger partial charge in [-0.15, -0.1) is 0 Å². The van der Waals surface area contributed by atoms with Crippen LogP contribution in [0.1, 0.15) is 6.92 Å². The molecule has 0 radical (unpaired) electrons. The number of ether oxygens (including phenoxy) is 1. The molecule has 1 aromatic rings. The molecular formula is C7H14N4OS. The molecule has 1 heterocycles. The highest BCUT2D eigenvalue weighted by Crippen LogP contribution is 2.12. The average Bonchev–Trinajstić information content (AvgIpc) is 2.64. The molecule has 13 heavy (non-hydrogen) atoms. The molecule has 0 spiro atoms. The van der Waals surface area contributed by atoms with E-state index < -0.39 is 0 Å². The highest BCUT2D eigenvalue weighted by Gasteiger charge is 2.07. The zero-order valence-corrected chi connectivity index (χ0v) is 8.38. The van der Waals surface area contributed by atoms with Gasteiger partial charge < -0.3 is 10.5 Å². The Morgan fingerprint density at radius 3 is 3.15 bits per heavy atom. The quantitative estimate of drug-likeness (QED) is 0.647. The molecule has 6 heteroatoms. The number of thioether (sulfide) groups is 1. The summed E-state index contributed by atoms with van der Waals surface area (Å²) in [5.41, 5.74) is 5.51. The second-order valence-electron chi connectivity index (χ2n) is 2.41. The normalized spacial score (nSPS) is 13.1. The highest BCUT2D eigenvalue weighted by atomic mass is 32.2. The third kappa shape index (κ3) is 3.75. The topological polar surface area (TPSA) is 76.8 Å². The Kier molecular flexibility index (Phi) is 4.81. The third-order valence-electron chi connectivity index (χ3n) is 1.46. The van der Waals surface area contributed by atoms with E-state index in [1.807, 2.05) is 6.92 Å². The van der Waals surface area contributed by atoms with Crippen LogP contribution in [0.15, 0.2) is 11.5 Å². The first-order chi connectivity index (χ1) is 6.36. The Morgan fingerprint density at radius 1 is 1.77 bits per heavy atom. The van der Waals surface area contributed by atoms with Gasteiger partial charge in [0.1, 0.15) is 6.33 Å². The fraction of sp³-hybridized carbons (Fsp3) is 0.714. The minimum Gasteiger partial charge on any atom is -0.376 e. The lowest BCUT2D eigenvalue weighted by Crippen LogP contribution is -2.26. The van der Waals surface area contributed by atoms with Gasteiger partial charge in [-0.2, -0.15) is 5.10 Å². The fourth-order valence-corrected chi connectivity index (χ4v) is 1.67. The van der Waals surface area contributed by atoms with Gasteiger partial charge in [-0.1, -0.05) is 11.8 Å². The number of rotatable bonds is 6. The Morgan fingerprint density at radius 2 is 2.62 bits per heavy atom. The van der Waals surface area contributed by atoms with Crippen molar-refractivity contribution >= 4 is 11.8 Å². The number of nitrogens with two attached hydrogens (primary N) is 1. The van der Waals surface area contributed by atoms with Crippen molar-refractivity contribution in [3.8, 4) is 0 Å². The van der Waals surface area contributed by atoms with Gasteiger partial charge >= 0.3 is 0 Å². The van der Waals surface area contributed by atoms with Crippen molar-refractivity contribution in [3.63, 3.8) is 0 Å². The van der Waals surface area contributed by atoms with Crippen LogP contribution in [0.3, 0.4) is 0 Å². The number of nitrogens with one attached hydrogen (secondary N) is 1. The Labute approximate surface area is 81.4 Å². The van der Waals surface area contributed by atoms with Crippen LogP contribution >= 0.6 is 11.8 Å². The predicted molar refractivity (Wildman–Crippen MR) is 51.6 cm³/mol. The average molecular weight is 202 g/mol. The van der Waals surface area contributed by atoms with Crippen LogP contribution in [0, 0.1) is 0 Å². The summed E-state index contributed by atoms with van der Waals surface area (Å²) in [4.78, 5) is 3.98. The van der Waals surface area contributed by atoms with Crippen LogP contribution in [-0.4, -0.2) is 40.2 Å². The second-order valence-corrected chi connectivity index (χ2v) is 3.42. The number of H-pyrrole nitrogens is 1. The molecule has 3 N–H and O–H groups in total. The van der Waals surface area contributed by atoms with Crippen LogP contribution in [-0.2, 0) is 4.74 Å². The first kappa shape index (κ1) is 10.5.